The zero-order chi connectivity index (χ0) is 9.83. The van der Waals surface area contributed by atoms with Crippen molar-refractivity contribution in [1.29, 1.82) is 0 Å². The van der Waals surface area contributed by atoms with Crippen LogP contribution in [0.1, 0.15) is 38.5 Å². The van der Waals surface area contributed by atoms with E-state index in [1.807, 2.05) is 0 Å². The highest BCUT2D eigenvalue weighted by atomic mass is 32.2. The molecule has 4 aliphatic rings. The van der Waals surface area contributed by atoms with E-state index in [4.69, 9.17) is 4.74 Å². The molecule has 0 spiro atoms. The zero-order valence-electron chi connectivity index (χ0n) is 8.93. The molecule has 0 bridgehead atoms. The van der Waals surface area contributed by atoms with Gasteiger partial charge < -0.3 is 4.74 Å². The van der Waals surface area contributed by atoms with E-state index < -0.39 is 0 Å². The third-order valence-corrected chi connectivity index (χ3v) is 7.30. The second-order valence-corrected chi connectivity index (χ2v) is 8.20. The van der Waals surface area contributed by atoms with Crippen LogP contribution < -0.4 is 0 Å². The molecule has 1 nitrogen and oxygen atoms in total. The van der Waals surface area contributed by atoms with E-state index in [2.05, 4.69) is 23.5 Å². The quantitative estimate of drug-likeness (QED) is 0.689. The minimum absolute atomic E-state index is 0.624. The lowest BCUT2D eigenvalue weighted by Crippen LogP contribution is -2.34. The molecule has 0 aromatic heterocycles. The summed E-state index contributed by atoms with van der Waals surface area (Å²) in [7, 11) is 0. The first kappa shape index (κ1) is 9.67. The maximum absolute atomic E-state index is 6.40. The molecule has 0 radical (unpaired) electrons. The number of rotatable bonds is 2. The molecule has 84 valence electrons. The van der Waals surface area contributed by atoms with E-state index in [1.54, 1.807) is 0 Å². The summed E-state index contributed by atoms with van der Waals surface area (Å²) in [6.45, 7) is 0. The van der Waals surface area contributed by atoms with Crippen molar-refractivity contribution in [1.82, 2.24) is 0 Å². The van der Waals surface area contributed by atoms with Gasteiger partial charge in [0.2, 0.25) is 0 Å². The lowest BCUT2D eigenvalue weighted by Gasteiger charge is -2.28. The van der Waals surface area contributed by atoms with Gasteiger partial charge in [0.15, 0.2) is 0 Å². The molecule has 0 aromatic carbocycles. The molecule has 2 saturated carbocycles. The topological polar surface area (TPSA) is 9.23 Å². The van der Waals surface area contributed by atoms with E-state index in [1.165, 1.54) is 38.5 Å². The highest BCUT2D eigenvalue weighted by Gasteiger charge is 2.52. The minimum atomic E-state index is 0.624. The predicted molar refractivity (Wildman–Crippen MR) is 66.7 cm³/mol. The van der Waals surface area contributed by atoms with Gasteiger partial charge in [0, 0.05) is 21.0 Å². The first-order valence-corrected chi connectivity index (χ1v) is 8.27. The Morgan fingerprint density at radius 1 is 0.733 bits per heavy atom. The van der Waals surface area contributed by atoms with Crippen LogP contribution in [0.2, 0.25) is 0 Å². The largest absolute Gasteiger partial charge is 0.373 e. The first-order valence-electron chi connectivity index (χ1n) is 6.38. The fraction of sp³-hybridized carbons (Fsp3) is 1.00. The number of hydrogen-bond acceptors (Lipinski definition) is 3. The van der Waals surface area contributed by atoms with E-state index >= 15 is 0 Å². The highest BCUT2D eigenvalue weighted by molar-refractivity contribution is 8.08. The average molecular weight is 242 g/mol. The number of hydrogen-bond donors (Lipinski definition) is 0. The summed E-state index contributed by atoms with van der Waals surface area (Å²) in [4.78, 5) is 0. The van der Waals surface area contributed by atoms with Crippen molar-refractivity contribution >= 4 is 23.5 Å². The summed E-state index contributed by atoms with van der Waals surface area (Å²) in [5, 5.41) is 3.75. The second kappa shape index (κ2) is 3.58. The van der Waals surface area contributed by atoms with Gasteiger partial charge in [-0.25, -0.2) is 0 Å². The molecule has 0 N–H and O–H groups in total. The molecule has 2 saturated heterocycles. The zero-order valence-corrected chi connectivity index (χ0v) is 10.6. The summed E-state index contributed by atoms with van der Waals surface area (Å²) >= 11 is 4.36. The lowest BCUT2D eigenvalue weighted by molar-refractivity contribution is -0.0264. The molecule has 15 heavy (non-hydrogen) atoms. The molecule has 6 unspecified atom stereocenters. The van der Waals surface area contributed by atoms with Crippen LogP contribution in [0.25, 0.3) is 0 Å². The number of thioether (sulfide) groups is 2. The third-order valence-electron chi connectivity index (χ3n) is 4.28. The van der Waals surface area contributed by atoms with Crippen molar-refractivity contribution in [3.05, 3.63) is 0 Å². The molecule has 4 rings (SSSR count). The van der Waals surface area contributed by atoms with Gasteiger partial charge in [-0.3, -0.25) is 0 Å². The summed E-state index contributed by atoms with van der Waals surface area (Å²) in [5.74, 6) is 0. The van der Waals surface area contributed by atoms with Gasteiger partial charge in [0.25, 0.3) is 0 Å². The summed E-state index contributed by atoms with van der Waals surface area (Å²) < 4.78 is 6.40. The van der Waals surface area contributed by atoms with Gasteiger partial charge in [-0.2, -0.15) is 23.5 Å². The Bertz CT molecular complexity index is 244. The summed E-state index contributed by atoms with van der Waals surface area (Å²) in [6, 6.07) is 0. The number of ether oxygens (including phenoxy) is 1. The van der Waals surface area contributed by atoms with Gasteiger partial charge >= 0.3 is 0 Å². The van der Waals surface area contributed by atoms with Crippen LogP contribution in [0, 0.1) is 0 Å². The predicted octanol–water partition coefficient (Wildman–Crippen LogP) is 3.08. The Balaban J connectivity index is 1.38. The Morgan fingerprint density at radius 2 is 1.27 bits per heavy atom. The van der Waals surface area contributed by atoms with Gasteiger partial charge in [-0.05, 0) is 38.5 Å². The van der Waals surface area contributed by atoms with Crippen LogP contribution in [-0.4, -0.2) is 33.2 Å². The molecule has 3 heteroatoms. The monoisotopic (exact) mass is 242 g/mol. The molecular weight excluding hydrogens is 224 g/mol. The summed E-state index contributed by atoms with van der Waals surface area (Å²) in [6.07, 6.45) is 9.66. The van der Waals surface area contributed by atoms with Crippen molar-refractivity contribution in [3.63, 3.8) is 0 Å². The van der Waals surface area contributed by atoms with Crippen LogP contribution in [0.5, 0.6) is 0 Å². The average Bonchev–Trinajstić information content (AvgIpc) is 3.12. The van der Waals surface area contributed by atoms with Crippen molar-refractivity contribution in [3.8, 4) is 0 Å². The fourth-order valence-corrected chi connectivity index (χ4v) is 5.92. The molecular formula is C12H18OS2. The van der Waals surface area contributed by atoms with Crippen molar-refractivity contribution in [2.75, 3.05) is 0 Å². The Morgan fingerprint density at radius 3 is 1.80 bits per heavy atom. The van der Waals surface area contributed by atoms with Crippen molar-refractivity contribution < 1.29 is 4.74 Å². The normalized spacial score (nSPS) is 56.8. The van der Waals surface area contributed by atoms with Crippen LogP contribution in [-0.2, 0) is 4.74 Å². The second-order valence-electron chi connectivity index (χ2n) is 5.35. The number of fused-ring (bicyclic) bond motifs is 2. The fourth-order valence-electron chi connectivity index (χ4n) is 3.32. The molecule has 2 aliphatic heterocycles. The maximum Gasteiger partial charge on any atom is 0.0708 e. The van der Waals surface area contributed by atoms with E-state index in [0.29, 0.717) is 12.2 Å². The van der Waals surface area contributed by atoms with Gasteiger partial charge in [0.1, 0.15) is 0 Å². The van der Waals surface area contributed by atoms with Crippen molar-refractivity contribution in [2.45, 2.75) is 71.7 Å². The van der Waals surface area contributed by atoms with Crippen LogP contribution in [0.3, 0.4) is 0 Å². The SMILES string of the molecule is C1CC(OC2CCCC3SC23)C2SC2C1. The van der Waals surface area contributed by atoms with Gasteiger partial charge in [-0.1, -0.05) is 0 Å². The molecule has 2 heterocycles. The van der Waals surface area contributed by atoms with E-state index in [9.17, 15) is 0 Å². The Kier molecular flexibility index (Phi) is 2.30. The van der Waals surface area contributed by atoms with Crippen molar-refractivity contribution in [2.24, 2.45) is 0 Å². The Hall–Kier alpha value is 0.660. The molecule has 4 fully saturated rings. The molecule has 6 atom stereocenters. The van der Waals surface area contributed by atoms with Crippen LogP contribution >= 0.6 is 23.5 Å². The third kappa shape index (κ3) is 1.75. The maximum atomic E-state index is 6.40. The first-order chi connectivity index (χ1) is 7.42. The van der Waals surface area contributed by atoms with Crippen LogP contribution in [0.15, 0.2) is 0 Å². The lowest BCUT2D eigenvalue weighted by atomic mass is 9.95. The molecule has 0 aromatic rings. The highest BCUT2D eigenvalue weighted by Crippen LogP contribution is 2.55. The molecule has 0 amide bonds. The van der Waals surface area contributed by atoms with E-state index in [0.717, 1.165) is 21.0 Å². The smallest absolute Gasteiger partial charge is 0.0708 e. The van der Waals surface area contributed by atoms with E-state index in [-0.39, 0.29) is 0 Å². The standard InChI is InChI=1S/C12H18OS2/c1-3-7(11-9(5-1)14-11)13-8-4-2-6-10-12(8)15-10/h7-12H,1-6H2. The van der Waals surface area contributed by atoms with Gasteiger partial charge in [-0.15, -0.1) is 0 Å². The van der Waals surface area contributed by atoms with Crippen LogP contribution in [0.4, 0.5) is 0 Å². The summed E-state index contributed by atoms with van der Waals surface area (Å²) in [5.41, 5.74) is 0. The van der Waals surface area contributed by atoms with Gasteiger partial charge in [0.05, 0.1) is 12.2 Å². The molecule has 2 aliphatic carbocycles. The Labute approximate surface area is 100 Å². The minimum Gasteiger partial charge on any atom is -0.373 e.